The Balaban J connectivity index is 1.78. The molecule has 1 heterocycles. The first-order valence-corrected chi connectivity index (χ1v) is 8.81. The van der Waals surface area contributed by atoms with E-state index in [0.29, 0.717) is 26.6 Å². The molecule has 1 unspecified atom stereocenters. The molecule has 8 heteroatoms. The van der Waals surface area contributed by atoms with Crippen LogP contribution in [-0.2, 0) is 4.79 Å². The number of para-hydroxylation sites is 2. The highest BCUT2D eigenvalue weighted by molar-refractivity contribution is 6.42. The number of rotatable bonds is 5. The predicted octanol–water partition coefficient (Wildman–Crippen LogP) is 5.63. The summed E-state index contributed by atoms with van der Waals surface area (Å²) in [4.78, 5) is 16.4. The van der Waals surface area contributed by atoms with Crippen molar-refractivity contribution in [3.63, 3.8) is 0 Å². The summed E-state index contributed by atoms with van der Waals surface area (Å²) < 4.78 is 27.8. The summed E-state index contributed by atoms with van der Waals surface area (Å²) in [5.41, 5.74) is 1.45. The van der Waals surface area contributed by atoms with Gasteiger partial charge in [-0.15, -0.1) is 0 Å². The number of benzene rings is 2. The maximum atomic E-state index is 13.5. The van der Waals surface area contributed by atoms with Gasteiger partial charge in [-0.1, -0.05) is 41.4 Å². The largest absolute Gasteiger partial charge is 0.343 e. The highest BCUT2D eigenvalue weighted by atomic mass is 35.5. The summed E-state index contributed by atoms with van der Waals surface area (Å²) in [5, 5.41) is 3.44. The van der Waals surface area contributed by atoms with Crippen LogP contribution in [0.4, 0.5) is 8.78 Å². The van der Waals surface area contributed by atoms with Gasteiger partial charge in [-0.2, -0.15) is 8.78 Å². The lowest BCUT2D eigenvalue weighted by atomic mass is 10.2. The van der Waals surface area contributed by atoms with E-state index in [0.717, 1.165) is 4.57 Å². The molecule has 3 aromatic rings. The van der Waals surface area contributed by atoms with Gasteiger partial charge in [0.2, 0.25) is 5.91 Å². The van der Waals surface area contributed by atoms with Crippen molar-refractivity contribution < 1.29 is 13.6 Å². The van der Waals surface area contributed by atoms with Crippen molar-refractivity contribution in [1.82, 2.24) is 14.9 Å². The van der Waals surface area contributed by atoms with Crippen molar-refractivity contribution in [2.45, 2.75) is 19.5 Å². The molecule has 0 radical (unpaired) electrons. The second-order valence-electron chi connectivity index (χ2n) is 5.84. The van der Waals surface area contributed by atoms with Crippen LogP contribution in [0.25, 0.3) is 17.1 Å². The number of fused-ring (bicyclic) bond motifs is 1. The smallest absolute Gasteiger partial charge is 0.320 e. The van der Waals surface area contributed by atoms with E-state index in [1.165, 1.54) is 6.08 Å². The Morgan fingerprint density at radius 3 is 2.63 bits per heavy atom. The van der Waals surface area contributed by atoms with Crippen molar-refractivity contribution in [2.75, 3.05) is 0 Å². The van der Waals surface area contributed by atoms with Gasteiger partial charge in [-0.25, -0.2) is 4.98 Å². The van der Waals surface area contributed by atoms with Gasteiger partial charge in [0.1, 0.15) is 5.82 Å². The molecule has 0 aliphatic heterocycles. The summed E-state index contributed by atoms with van der Waals surface area (Å²) in [5.74, 6) is -0.357. The number of aromatic nitrogens is 2. The molecule has 1 amide bonds. The van der Waals surface area contributed by atoms with Crippen LogP contribution in [0.5, 0.6) is 0 Å². The van der Waals surface area contributed by atoms with Crippen molar-refractivity contribution in [3.05, 3.63) is 70.0 Å². The molecule has 0 aliphatic carbocycles. The molecule has 0 fully saturated rings. The zero-order valence-electron chi connectivity index (χ0n) is 14.2. The number of hydrogen-bond acceptors (Lipinski definition) is 2. The SMILES string of the molecule is CC(NC(=O)/C=C/c1ccc(Cl)c(Cl)c1)c1nc2ccccc2n1C(F)F. The number of imidazole rings is 1. The van der Waals surface area contributed by atoms with E-state index in [4.69, 9.17) is 23.2 Å². The maximum Gasteiger partial charge on any atom is 0.320 e. The van der Waals surface area contributed by atoms with Crippen LogP contribution in [0, 0.1) is 0 Å². The third-order valence-electron chi connectivity index (χ3n) is 3.94. The lowest BCUT2D eigenvalue weighted by molar-refractivity contribution is -0.117. The van der Waals surface area contributed by atoms with Gasteiger partial charge in [-0.05, 0) is 42.8 Å². The fourth-order valence-corrected chi connectivity index (χ4v) is 2.99. The molecule has 140 valence electrons. The van der Waals surface area contributed by atoms with Gasteiger partial charge < -0.3 is 5.32 Å². The Morgan fingerprint density at radius 1 is 1.19 bits per heavy atom. The number of carbonyl (C=O) groups is 1. The number of nitrogens with one attached hydrogen (secondary N) is 1. The quantitative estimate of drug-likeness (QED) is 0.555. The van der Waals surface area contributed by atoms with Crippen molar-refractivity contribution in [3.8, 4) is 0 Å². The molecule has 4 nitrogen and oxygen atoms in total. The number of nitrogens with zero attached hydrogens (tertiary/aromatic N) is 2. The third-order valence-corrected chi connectivity index (χ3v) is 4.67. The van der Waals surface area contributed by atoms with Crippen LogP contribution in [-0.4, -0.2) is 15.5 Å². The average molecular weight is 410 g/mol. The van der Waals surface area contributed by atoms with Gasteiger partial charge in [0.25, 0.3) is 0 Å². The molecular weight excluding hydrogens is 395 g/mol. The van der Waals surface area contributed by atoms with E-state index in [9.17, 15) is 13.6 Å². The highest BCUT2D eigenvalue weighted by Crippen LogP contribution is 2.26. The lowest BCUT2D eigenvalue weighted by Gasteiger charge is -2.14. The van der Waals surface area contributed by atoms with Gasteiger partial charge in [-0.3, -0.25) is 9.36 Å². The van der Waals surface area contributed by atoms with Gasteiger partial charge >= 0.3 is 6.55 Å². The number of halogens is 4. The highest BCUT2D eigenvalue weighted by Gasteiger charge is 2.22. The molecule has 1 N–H and O–H groups in total. The Hall–Kier alpha value is -2.44. The molecule has 1 aromatic heterocycles. The Bertz CT molecular complexity index is 1020. The standard InChI is InChI=1S/C19H15Cl2F2N3O/c1-11(18-25-15-4-2-3-5-16(15)26(18)19(22)23)24-17(27)9-7-12-6-8-13(20)14(21)10-12/h2-11,19H,1H3,(H,24,27)/b9-7+. The monoisotopic (exact) mass is 409 g/mol. The van der Waals surface area contributed by atoms with Crippen molar-refractivity contribution in [1.29, 1.82) is 0 Å². The predicted molar refractivity (Wildman–Crippen MR) is 103 cm³/mol. The van der Waals surface area contributed by atoms with Gasteiger partial charge in [0.15, 0.2) is 0 Å². The molecule has 3 rings (SSSR count). The van der Waals surface area contributed by atoms with Crippen molar-refractivity contribution >= 4 is 46.2 Å². The number of amides is 1. The number of alkyl halides is 2. The molecule has 0 spiro atoms. The summed E-state index contributed by atoms with van der Waals surface area (Å²) in [6.07, 6.45) is 2.85. The summed E-state index contributed by atoms with van der Waals surface area (Å²) in [6, 6.07) is 10.8. The van der Waals surface area contributed by atoms with Crippen LogP contribution >= 0.6 is 23.2 Å². The molecule has 0 saturated heterocycles. The fourth-order valence-electron chi connectivity index (χ4n) is 2.69. The second kappa shape index (κ2) is 8.06. The normalized spacial score (nSPS) is 12.8. The Kier molecular flexibility index (Phi) is 5.77. The van der Waals surface area contributed by atoms with Crippen LogP contribution < -0.4 is 5.32 Å². The fraction of sp³-hybridized carbons (Fsp3) is 0.158. The van der Waals surface area contributed by atoms with E-state index < -0.39 is 18.5 Å². The van der Waals surface area contributed by atoms with Gasteiger partial charge in [0.05, 0.1) is 27.1 Å². The van der Waals surface area contributed by atoms with E-state index in [2.05, 4.69) is 10.3 Å². The zero-order chi connectivity index (χ0) is 19.6. The number of hydrogen-bond donors (Lipinski definition) is 1. The molecule has 0 bridgehead atoms. The molecule has 0 aliphatic rings. The minimum Gasteiger partial charge on any atom is -0.343 e. The first-order chi connectivity index (χ1) is 12.9. The second-order valence-corrected chi connectivity index (χ2v) is 6.66. The summed E-state index contributed by atoms with van der Waals surface area (Å²) in [7, 11) is 0. The molecule has 1 atom stereocenters. The van der Waals surface area contributed by atoms with Crippen LogP contribution in [0.3, 0.4) is 0 Å². The Labute approximate surface area is 164 Å². The van der Waals surface area contributed by atoms with E-state index in [-0.39, 0.29) is 5.82 Å². The Morgan fingerprint density at radius 2 is 1.93 bits per heavy atom. The molecule has 27 heavy (non-hydrogen) atoms. The van der Waals surface area contributed by atoms with Crippen LogP contribution in [0.2, 0.25) is 10.0 Å². The van der Waals surface area contributed by atoms with E-state index in [1.54, 1.807) is 55.5 Å². The van der Waals surface area contributed by atoms with Crippen LogP contribution in [0.15, 0.2) is 48.5 Å². The van der Waals surface area contributed by atoms with Crippen LogP contribution in [0.1, 0.15) is 30.9 Å². The van der Waals surface area contributed by atoms with Crippen molar-refractivity contribution in [2.24, 2.45) is 0 Å². The topological polar surface area (TPSA) is 46.9 Å². The molecular formula is C19H15Cl2F2N3O. The lowest BCUT2D eigenvalue weighted by Crippen LogP contribution is -2.27. The van der Waals surface area contributed by atoms with Gasteiger partial charge in [0, 0.05) is 6.08 Å². The summed E-state index contributed by atoms with van der Waals surface area (Å²) >= 11 is 11.8. The first kappa shape index (κ1) is 19.3. The number of carbonyl (C=O) groups excluding carboxylic acids is 1. The molecule has 2 aromatic carbocycles. The summed E-state index contributed by atoms with van der Waals surface area (Å²) in [6.45, 7) is -1.16. The minimum atomic E-state index is -2.77. The average Bonchev–Trinajstić information content (AvgIpc) is 3.02. The first-order valence-electron chi connectivity index (χ1n) is 8.05. The molecule has 0 saturated carbocycles. The zero-order valence-corrected chi connectivity index (χ0v) is 15.7. The van der Waals surface area contributed by atoms with E-state index >= 15 is 0 Å². The third kappa shape index (κ3) is 4.28. The maximum absolute atomic E-state index is 13.5. The van der Waals surface area contributed by atoms with E-state index in [1.807, 2.05) is 0 Å². The minimum absolute atomic E-state index is 0.0856.